The van der Waals surface area contributed by atoms with Crippen LogP contribution in [0, 0.1) is 0 Å². The van der Waals surface area contributed by atoms with Crippen molar-refractivity contribution in [1.82, 2.24) is 0 Å². The van der Waals surface area contributed by atoms with Gasteiger partial charge in [0.05, 0.1) is 12.2 Å². The number of amides is 1. The summed E-state index contributed by atoms with van der Waals surface area (Å²) in [6, 6.07) is 6.51. The minimum Gasteiger partial charge on any atom is -0.462 e. The summed E-state index contributed by atoms with van der Waals surface area (Å²) in [6.07, 6.45) is 5.39. The number of hydrogen-bond donors (Lipinski definition) is 2. The summed E-state index contributed by atoms with van der Waals surface area (Å²) in [5, 5.41) is 11.3. The van der Waals surface area contributed by atoms with E-state index in [0.717, 1.165) is 38.5 Å². The van der Waals surface area contributed by atoms with Crippen molar-refractivity contribution in [2.45, 2.75) is 64.9 Å². The standard InChI is InChI=1S/C20H31NO5/c1-20(2,3)26-19(24)21-17-12-10-16(11-13-17)18(23)25-15-9-7-5-4-6-8-14-22/h10-13,22H,4-9,14-15H2,1-3H3,(H,21,24). The molecule has 0 saturated carbocycles. The summed E-state index contributed by atoms with van der Waals surface area (Å²) in [7, 11) is 0. The third-order valence-electron chi connectivity index (χ3n) is 3.55. The van der Waals surface area contributed by atoms with E-state index < -0.39 is 11.7 Å². The highest BCUT2D eigenvalue weighted by atomic mass is 16.6. The van der Waals surface area contributed by atoms with Gasteiger partial charge in [0.1, 0.15) is 5.60 Å². The molecule has 146 valence electrons. The van der Waals surface area contributed by atoms with Crippen molar-refractivity contribution >= 4 is 17.7 Å². The van der Waals surface area contributed by atoms with E-state index in [0.29, 0.717) is 17.9 Å². The van der Waals surface area contributed by atoms with Gasteiger partial charge in [-0.2, -0.15) is 0 Å². The highest BCUT2D eigenvalue weighted by Gasteiger charge is 2.16. The number of nitrogens with one attached hydrogen (secondary N) is 1. The molecule has 0 bridgehead atoms. The van der Waals surface area contributed by atoms with E-state index in [4.69, 9.17) is 14.6 Å². The lowest BCUT2D eigenvalue weighted by Crippen LogP contribution is -2.27. The molecule has 2 N–H and O–H groups in total. The molecule has 0 fully saturated rings. The molecule has 26 heavy (non-hydrogen) atoms. The SMILES string of the molecule is CC(C)(C)OC(=O)Nc1ccc(C(=O)OCCCCCCCCO)cc1. The number of anilines is 1. The van der Waals surface area contributed by atoms with E-state index in [-0.39, 0.29) is 12.6 Å². The van der Waals surface area contributed by atoms with Gasteiger partial charge in [0.2, 0.25) is 0 Å². The minimum atomic E-state index is -0.563. The quantitative estimate of drug-likeness (QED) is 0.470. The van der Waals surface area contributed by atoms with Crippen LogP contribution in [0.25, 0.3) is 0 Å². The molecule has 0 aliphatic rings. The van der Waals surface area contributed by atoms with Gasteiger partial charge < -0.3 is 14.6 Å². The molecular weight excluding hydrogens is 334 g/mol. The Hall–Kier alpha value is -2.08. The van der Waals surface area contributed by atoms with E-state index in [9.17, 15) is 9.59 Å². The van der Waals surface area contributed by atoms with Gasteiger partial charge in [0.15, 0.2) is 0 Å². The second kappa shape index (κ2) is 11.5. The number of esters is 1. The number of rotatable bonds is 10. The van der Waals surface area contributed by atoms with Gasteiger partial charge in [-0.25, -0.2) is 9.59 Å². The number of carbonyl (C=O) groups is 2. The van der Waals surface area contributed by atoms with Crippen molar-refractivity contribution in [3.63, 3.8) is 0 Å². The smallest absolute Gasteiger partial charge is 0.412 e. The number of unbranched alkanes of at least 4 members (excludes halogenated alkanes) is 5. The predicted molar refractivity (Wildman–Crippen MR) is 101 cm³/mol. The van der Waals surface area contributed by atoms with Crippen LogP contribution in [-0.4, -0.2) is 36.0 Å². The minimum absolute atomic E-state index is 0.254. The Morgan fingerprint density at radius 3 is 2.12 bits per heavy atom. The lowest BCUT2D eigenvalue weighted by Gasteiger charge is -2.19. The van der Waals surface area contributed by atoms with Crippen molar-refractivity contribution in [2.75, 3.05) is 18.5 Å². The number of benzene rings is 1. The number of ether oxygens (including phenoxy) is 2. The zero-order chi connectivity index (χ0) is 19.4. The van der Waals surface area contributed by atoms with E-state index in [2.05, 4.69) is 5.32 Å². The summed E-state index contributed by atoms with van der Waals surface area (Å²) < 4.78 is 10.4. The van der Waals surface area contributed by atoms with Crippen LogP contribution < -0.4 is 5.32 Å². The van der Waals surface area contributed by atoms with E-state index in [1.54, 1.807) is 45.0 Å². The molecule has 0 saturated heterocycles. The van der Waals surface area contributed by atoms with Gasteiger partial charge >= 0.3 is 12.1 Å². The molecule has 1 rings (SSSR count). The van der Waals surface area contributed by atoms with Crippen molar-refractivity contribution in [2.24, 2.45) is 0 Å². The first kappa shape index (κ1) is 22.0. The number of aliphatic hydroxyl groups excluding tert-OH is 1. The Morgan fingerprint density at radius 2 is 1.54 bits per heavy atom. The molecule has 0 radical (unpaired) electrons. The van der Waals surface area contributed by atoms with Crippen molar-refractivity contribution in [3.05, 3.63) is 29.8 Å². The largest absolute Gasteiger partial charge is 0.462 e. The van der Waals surface area contributed by atoms with Crippen LogP contribution in [0.3, 0.4) is 0 Å². The second-order valence-corrected chi connectivity index (χ2v) is 7.19. The molecule has 1 aromatic carbocycles. The van der Waals surface area contributed by atoms with Gasteiger partial charge in [-0.15, -0.1) is 0 Å². The summed E-state index contributed by atoms with van der Waals surface area (Å²) in [4.78, 5) is 23.7. The lowest BCUT2D eigenvalue weighted by atomic mass is 10.1. The molecule has 0 aromatic heterocycles. The zero-order valence-electron chi connectivity index (χ0n) is 16.0. The van der Waals surface area contributed by atoms with Gasteiger partial charge in [0, 0.05) is 12.3 Å². The highest BCUT2D eigenvalue weighted by Crippen LogP contribution is 2.14. The topological polar surface area (TPSA) is 84.9 Å². The Balaban J connectivity index is 2.28. The van der Waals surface area contributed by atoms with Crippen LogP contribution in [0.15, 0.2) is 24.3 Å². The fraction of sp³-hybridized carbons (Fsp3) is 0.600. The maximum absolute atomic E-state index is 12.0. The summed E-state index contributed by atoms with van der Waals surface area (Å²) in [6.45, 7) is 6.03. The van der Waals surface area contributed by atoms with Crippen LogP contribution in [0.5, 0.6) is 0 Å². The molecule has 0 aliphatic carbocycles. The maximum atomic E-state index is 12.0. The summed E-state index contributed by atoms with van der Waals surface area (Å²) in [5.41, 5.74) is 0.438. The lowest BCUT2D eigenvalue weighted by molar-refractivity contribution is 0.0497. The van der Waals surface area contributed by atoms with Crippen molar-refractivity contribution < 1.29 is 24.2 Å². The van der Waals surface area contributed by atoms with E-state index >= 15 is 0 Å². The monoisotopic (exact) mass is 365 g/mol. The summed E-state index contributed by atoms with van der Waals surface area (Å²) in [5.74, 6) is -0.367. The predicted octanol–water partition coefficient (Wildman–Crippen LogP) is 4.52. The molecule has 0 spiro atoms. The Labute approximate surface area is 155 Å². The Kier molecular flexibility index (Phi) is 9.73. The zero-order valence-corrected chi connectivity index (χ0v) is 16.0. The first-order valence-electron chi connectivity index (χ1n) is 9.20. The van der Waals surface area contributed by atoms with Crippen LogP contribution in [0.1, 0.15) is 69.7 Å². The van der Waals surface area contributed by atoms with Gasteiger partial charge in [0.25, 0.3) is 0 Å². The van der Waals surface area contributed by atoms with Crippen LogP contribution >= 0.6 is 0 Å². The first-order valence-corrected chi connectivity index (χ1v) is 9.20. The second-order valence-electron chi connectivity index (χ2n) is 7.19. The third kappa shape index (κ3) is 10.0. The first-order chi connectivity index (χ1) is 12.3. The van der Waals surface area contributed by atoms with Gasteiger partial charge in [-0.05, 0) is 57.9 Å². The number of aliphatic hydroxyl groups is 1. The van der Waals surface area contributed by atoms with Gasteiger partial charge in [-0.1, -0.05) is 25.7 Å². The fourth-order valence-corrected chi connectivity index (χ4v) is 2.28. The molecule has 0 aliphatic heterocycles. The molecule has 1 aromatic rings. The molecule has 0 unspecified atom stereocenters. The fourth-order valence-electron chi connectivity index (χ4n) is 2.28. The average molecular weight is 365 g/mol. The van der Waals surface area contributed by atoms with Crippen LogP contribution in [0.4, 0.5) is 10.5 Å². The molecule has 6 nitrogen and oxygen atoms in total. The number of hydrogen-bond acceptors (Lipinski definition) is 5. The number of carbonyl (C=O) groups excluding carboxylic acids is 2. The Morgan fingerprint density at radius 1 is 0.962 bits per heavy atom. The highest BCUT2D eigenvalue weighted by molar-refractivity contribution is 5.91. The molecule has 0 atom stereocenters. The van der Waals surface area contributed by atoms with Crippen molar-refractivity contribution in [1.29, 1.82) is 0 Å². The van der Waals surface area contributed by atoms with E-state index in [1.807, 2.05) is 0 Å². The molecule has 0 heterocycles. The summed E-state index contributed by atoms with van der Waals surface area (Å²) >= 11 is 0. The maximum Gasteiger partial charge on any atom is 0.412 e. The van der Waals surface area contributed by atoms with E-state index in [1.165, 1.54) is 0 Å². The van der Waals surface area contributed by atoms with Crippen molar-refractivity contribution in [3.8, 4) is 0 Å². The van der Waals surface area contributed by atoms with Crippen LogP contribution in [-0.2, 0) is 9.47 Å². The molecule has 6 heteroatoms. The Bertz CT molecular complexity index is 548. The molecule has 1 amide bonds. The third-order valence-corrected chi connectivity index (χ3v) is 3.55. The normalized spacial score (nSPS) is 11.1. The van der Waals surface area contributed by atoms with Gasteiger partial charge in [-0.3, -0.25) is 5.32 Å². The molecular formula is C20H31NO5. The van der Waals surface area contributed by atoms with Crippen LogP contribution in [0.2, 0.25) is 0 Å². The average Bonchev–Trinajstić information content (AvgIpc) is 2.56.